The lowest BCUT2D eigenvalue weighted by atomic mass is 9.95. The number of nitrogens with one attached hydrogen (secondary N) is 1. The molecule has 3 atom stereocenters. The van der Waals surface area contributed by atoms with Crippen molar-refractivity contribution in [3.63, 3.8) is 0 Å². The van der Waals surface area contributed by atoms with E-state index in [2.05, 4.69) is 34.7 Å². The Labute approximate surface area is 376 Å². The van der Waals surface area contributed by atoms with E-state index in [4.69, 9.17) is 36.0 Å². The molecule has 4 amide bonds. The molecule has 2 aromatic heterocycles. The van der Waals surface area contributed by atoms with Crippen LogP contribution >= 0.6 is 0 Å². The number of ether oxygens (including phenoxy) is 1. The van der Waals surface area contributed by atoms with Crippen molar-refractivity contribution in [3.8, 4) is 22.8 Å². The summed E-state index contributed by atoms with van der Waals surface area (Å²) in [7, 11) is 0. The van der Waals surface area contributed by atoms with E-state index in [1.165, 1.54) is 6.33 Å². The number of amides is 4. The molecule has 3 unspecified atom stereocenters. The second-order valence-electron chi connectivity index (χ2n) is 16.9. The van der Waals surface area contributed by atoms with Crippen molar-refractivity contribution in [3.05, 3.63) is 90.3 Å². The molecule has 0 aliphatic carbocycles. The highest BCUT2D eigenvalue weighted by Gasteiger charge is 2.46. The number of piperidine rings is 2. The molecule has 7 heterocycles. The number of nitrogens with zero attached hydrogens (tertiary/aromatic N) is 8. The average molecular weight is 903 g/mol. The van der Waals surface area contributed by atoms with Gasteiger partial charge in [-0.1, -0.05) is 18.2 Å². The maximum absolute atomic E-state index is 13.3. The molecule has 0 spiro atoms. The molecule has 4 saturated heterocycles. The maximum Gasteiger partial charge on any atom is 0.335 e. The number of hydrogen-bond acceptors (Lipinski definition) is 16. The number of nitrogen functional groups attached to an aromatic ring is 1. The first-order chi connectivity index (χ1) is 31.7. The van der Waals surface area contributed by atoms with Crippen LogP contribution in [0.1, 0.15) is 52.4 Å². The molecule has 10 rings (SSSR count). The molecule has 0 radical (unpaired) electrons. The summed E-state index contributed by atoms with van der Waals surface area (Å²) in [5.41, 5.74) is 10.4. The van der Waals surface area contributed by atoms with Gasteiger partial charge in [0.2, 0.25) is 11.8 Å². The van der Waals surface area contributed by atoms with Gasteiger partial charge in [0.05, 0.1) is 22.6 Å². The van der Waals surface area contributed by atoms with Crippen LogP contribution in [0.2, 0.25) is 0 Å². The zero-order valence-corrected chi connectivity index (χ0v) is 35.3. The van der Waals surface area contributed by atoms with Gasteiger partial charge in [-0.3, -0.25) is 39.2 Å². The van der Waals surface area contributed by atoms with E-state index in [1.54, 1.807) is 12.1 Å². The Hall–Kier alpha value is -7.33. The fraction of sp³-hybridized carbons (Fsp3) is 0.356. The first-order valence-corrected chi connectivity index (χ1v) is 21.5. The minimum Gasteiger partial charge on any atom is -0.479 e. The summed E-state index contributed by atoms with van der Waals surface area (Å²) in [6.45, 7) is 5.67. The number of benzene rings is 3. The number of carbonyl (C=O) groups excluding carboxylic acids is 4. The van der Waals surface area contributed by atoms with Gasteiger partial charge in [0.25, 0.3) is 11.8 Å². The summed E-state index contributed by atoms with van der Waals surface area (Å²) in [6.07, 6.45) is -0.871. The third kappa shape index (κ3) is 8.39. The molecule has 7 N–H and O–H groups in total. The average Bonchev–Trinajstić information content (AvgIpc) is 3.79. The van der Waals surface area contributed by atoms with Gasteiger partial charge < -0.3 is 35.8 Å². The summed E-state index contributed by atoms with van der Waals surface area (Å²) in [4.78, 5) is 87.3. The van der Waals surface area contributed by atoms with Gasteiger partial charge in [0, 0.05) is 69.0 Å². The third-order valence-corrected chi connectivity index (χ3v) is 12.8. The zero-order chi connectivity index (χ0) is 46.4. The van der Waals surface area contributed by atoms with Crippen molar-refractivity contribution in [2.45, 2.75) is 62.1 Å². The largest absolute Gasteiger partial charge is 0.479 e. The highest BCUT2D eigenvalue weighted by atomic mass is 16.5. The van der Waals surface area contributed by atoms with Crippen molar-refractivity contribution in [2.24, 2.45) is 0 Å². The number of carboxylic acids is 2. The van der Waals surface area contributed by atoms with Crippen molar-refractivity contribution >= 4 is 58.1 Å². The lowest BCUT2D eigenvalue weighted by Crippen LogP contribution is -2.70. The van der Waals surface area contributed by atoms with Crippen LogP contribution in [-0.2, 0) is 19.2 Å². The predicted molar refractivity (Wildman–Crippen MR) is 233 cm³/mol. The van der Waals surface area contributed by atoms with Gasteiger partial charge >= 0.3 is 11.9 Å². The number of aliphatic hydroxyl groups is 2. The van der Waals surface area contributed by atoms with Crippen LogP contribution in [0.3, 0.4) is 0 Å². The van der Waals surface area contributed by atoms with Crippen LogP contribution in [-0.4, -0.2) is 160 Å². The van der Waals surface area contributed by atoms with Crippen LogP contribution in [0.5, 0.6) is 11.5 Å². The maximum atomic E-state index is 13.3. The van der Waals surface area contributed by atoms with Gasteiger partial charge in [-0.15, -0.1) is 0 Å². The fourth-order valence-corrected chi connectivity index (χ4v) is 9.09. The minimum atomic E-state index is -2.27. The van der Waals surface area contributed by atoms with Crippen molar-refractivity contribution in [2.75, 3.05) is 49.9 Å². The number of carboxylic acid groups (broad SMARTS) is 2. The Bertz CT molecular complexity index is 2700. The minimum absolute atomic E-state index is 0.0958. The smallest absolute Gasteiger partial charge is 0.335 e. The normalized spacial score (nSPS) is 20.5. The van der Waals surface area contributed by atoms with Gasteiger partial charge in [-0.25, -0.2) is 24.2 Å². The van der Waals surface area contributed by atoms with Crippen molar-refractivity contribution in [1.29, 1.82) is 0 Å². The van der Waals surface area contributed by atoms with E-state index in [0.717, 1.165) is 96.5 Å². The van der Waals surface area contributed by atoms with Crippen LogP contribution in [0.25, 0.3) is 22.3 Å². The number of anilines is 2. The highest BCUT2D eigenvalue weighted by molar-refractivity contribution is 6.23. The standard InChI is InChI=1S/C41H40N10O5.C4H6O6/c42-37-35-36(24-6-9-30(10-7-24)56-29-4-2-1-3-5-29)46-51(38(35)44-23-43-37)25-14-16-47(17-15-25)27-19-49(20-27)28-21-48(22-28)26-8-11-31-32(18-26)41(55)50(40(31)54)33-12-13-34(52)45-39(33)53;5-1(3(7)8)2(6)4(9)10/h1-11,18,23,25,27-28,33H,12-17,19-22H2,(H2,42,43,44)(H,45,52,53);1-2,5-6H,(H,7,8)(H,9,10). The summed E-state index contributed by atoms with van der Waals surface area (Å²) < 4.78 is 8.05. The van der Waals surface area contributed by atoms with Gasteiger partial charge in [0.15, 0.2) is 17.9 Å². The topological polar surface area (TPSA) is 287 Å². The first kappa shape index (κ1) is 43.9. The van der Waals surface area contributed by atoms with Crippen molar-refractivity contribution < 1.29 is 53.9 Å². The number of fused-ring (bicyclic) bond motifs is 2. The number of aliphatic carboxylic acids is 2. The van der Waals surface area contributed by atoms with E-state index >= 15 is 0 Å². The van der Waals surface area contributed by atoms with Gasteiger partial charge in [0.1, 0.15) is 35.4 Å². The van der Waals surface area contributed by atoms with E-state index in [0.29, 0.717) is 29.0 Å². The van der Waals surface area contributed by atoms with E-state index in [9.17, 15) is 28.8 Å². The number of aromatic nitrogens is 4. The molecule has 21 heteroatoms. The Kier molecular flexibility index (Phi) is 11.9. The van der Waals surface area contributed by atoms with Gasteiger partial charge in [-0.2, -0.15) is 5.10 Å². The number of rotatable bonds is 11. The Morgan fingerprint density at radius 1 is 0.742 bits per heavy atom. The summed E-state index contributed by atoms with van der Waals surface area (Å²) in [5.74, 6) is -3.57. The molecule has 5 aliphatic rings. The molecule has 5 aliphatic heterocycles. The van der Waals surface area contributed by atoms with Crippen LogP contribution in [0.15, 0.2) is 79.1 Å². The third-order valence-electron chi connectivity index (χ3n) is 12.8. The molecule has 3 aromatic carbocycles. The molecule has 66 heavy (non-hydrogen) atoms. The second kappa shape index (κ2) is 17.9. The van der Waals surface area contributed by atoms with Crippen LogP contribution in [0, 0.1) is 0 Å². The Balaban J connectivity index is 0.000000493. The first-order valence-electron chi connectivity index (χ1n) is 21.5. The van der Waals surface area contributed by atoms with Crippen LogP contribution in [0.4, 0.5) is 11.5 Å². The van der Waals surface area contributed by atoms with E-state index in [1.807, 2.05) is 60.7 Å². The predicted octanol–water partition coefficient (Wildman–Crippen LogP) is 1.36. The molecule has 342 valence electrons. The van der Waals surface area contributed by atoms with Gasteiger partial charge in [-0.05, 0) is 73.9 Å². The molecule has 5 aromatic rings. The lowest BCUT2D eigenvalue weighted by molar-refractivity contribution is -0.165. The quantitative estimate of drug-likeness (QED) is 0.102. The Morgan fingerprint density at radius 2 is 1.38 bits per heavy atom. The SMILES string of the molecule is Nc1ncnc2c1c(-c1ccc(Oc3ccccc3)cc1)nn2C1CCN(C2CN(C3CN(c4ccc5c(c4)C(=O)N(C4CCC(=O)NC4=O)C5=O)C3)C2)CC1.O=C(O)C(O)C(O)C(=O)O. The second-order valence-corrected chi connectivity index (χ2v) is 16.9. The molecular formula is C45H46N10O11. The number of para-hydroxylation sites is 1. The number of hydrogen-bond donors (Lipinski definition) is 6. The number of imide groups is 2. The zero-order valence-electron chi connectivity index (χ0n) is 35.3. The number of likely N-dealkylation sites (tertiary alicyclic amines) is 2. The summed E-state index contributed by atoms with van der Waals surface area (Å²) >= 11 is 0. The monoisotopic (exact) mass is 902 g/mol. The summed E-state index contributed by atoms with van der Waals surface area (Å²) in [6, 6.07) is 23.0. The van der Waals surface area contributed by atoms with Crippen molar-refractivity contribution in [1.82, 2.24) is 39.8 Å². The van der Waals surface area contributed by atoms with E-state index < -0.39 is 47.9 Å². The summed E-state index contributed by atoms with van der Waals surface area (Å²) in [5, 5.41) is 40.6. The fourth-order valence-electron chi connectivity index (χ4n) is 9.09. The lowest BCUT2D eigenvalue weighted by Gasteiger charge is -2.55. The highest BCUT2D eigenvalue weighted by Crippen LogP contribution is 2.37. The van der Waals surface area contributed by atoms with E-state index in [-0.39, 0.29) is 24.8 Å². The number of aliphatic hydroxyl groups excluding tert-OH is 2. The molecule has 0 bridgehead atoms. The van der Waals surface area contributed by atoms with Crippen LogP contribution < -0.4 is 20.7 Å². The molecule has 4 fully saturated rings. The number of carbonyl (C=O) groups is 6. The molecule has 21 nitrogen and oxygen atoms in total. The molecule has 0 saturated carbocycles. The number of nitrogens with two attached hydrogens (primary N) is 1. The Morgan fingerprint density at radius 3 is 2.03 bits per heavy atom. The molecular weight excluding hydrogens is 857 g/mol.